The summed E-state index contributed by atoms with van der Waals surface area (Å²) in [6.07, 6.45) is 2.76. The number of hydrazone groups is 1. The van der Waals surface area contributed by atoms with Gasteiger partial charge in [-0.1, -0.05) is 25.4 Å². The summed E-state index contributed by atoms with van der Waals surface area (Å²) in [5.74, 6) is 1.01. The van der Waals surface area contributed by atoms with Crippen molar-refractivity contribution in [3.63, 3.8) is 0 Å². The predicted molar refractivity (Wildman–Crippen MR) is 110 cm³/mol. The van der Waals surface area contributed by atoms with Crippen LogP contribution in [-0.4, -0.2) is 30.4 Å². The van der Waals surface area contributed by atoms with Crippen molar-refractivity contribution in [2.75, 3.05) is 18.6 Å². The molecule has 2 rings (SSSR count). The van der Waals surface area contributed by atoms with Crippen LogP contribution < -0.4 is 10.2 Å². The maximum Gasteiger partial charge on any atom is 0.311 e. The first-order valence-corrected chi connectivity index (χ1v) is 10.0. The van der Waals surface area contributed by atoms with Gasteiger partial charge in [0, 0.05) is 16.0 Å². The van der Waals surface area contributed by atoms with Crippen LogP contribution >= 0.6 is 22.9 Å². The topological polar surface area (TPSA) is 72.8 Å². The van der Waals surface area contributed by atoms with Gasteiger partial charge >= 0.3 is 5.97 Å². The molecule has 0 unspecified atom stereocenters. The zero-order chi connectivity index (χ0) is 19.6. The Morgan fingerprint density at radius 1 is 1.44 bits per heavy atom. The van der Waals surface area contributed by atoms with E-state index in [1.54, 1.807) is 30.7 Å². The molecule has 6 nitrogen and oxygen atoms in total. The number of ether oxygens (including phenoxy) is 2. The van der Waals surface area contributed by atoms with Gasteiger partial charge in [-0.25, -0.2) is 4.98 Å². The summed E-state index contributed by atoms with van der Waals surface area (Å²) in [5, 5.41) is 7.21. The second-order valence-corrected chi connectivity index (χ2v) is 7.50. The number of anilines is 1. The monoisotopic (exact) mass is 409 g/mol. The molecule has 0 radical (unpaired) electrons. The number of aromatic nitrogens is 1. The molecular weight excluding hydrogens is 386 g/mol. The van der Waals surface area contributed by atoms with E-state index in [1.807, 2.05) is 6.07 Å². The highest BCUT2D eigenvalue weighted by atomic mass is 35.5. The van der Waals surface area contributed by atoms with E-state index in [4.69, 9.17) is 21.1 Å². The number of thiazole rings is 1. The van der Waals surface area contributed by atoms with Crippen molar-refractivity contribution in [1.82, 2.24) is 4.98 Å². The number of carbonyl (C=O) groups is 1. The number of hydrogen-bond donors (Lipinski definition) is 1. The molecule has 1 aromatic heterocycles. The number of nitrogens with zero attached hydrogens (tertiary/aromatic N) is 2. The Morgan fingerprint density at radius 2 is 2.26 bits per heavy atom. The lowest BCUT2D eigenvalue weighted by Crippen LogP contribution is -2.07. The normalized spacial score (nSPS) is 11.1. The summed E-state index contributed by atoms with van der Waals surface area (Å²) >= 11 is 7.45. The minimum atomic E-state index is -0.292. The van der Waals surface area contributed by atoms with E-state index in [0.717, 1.165) is 17.7 Å². The van der Waals surface area contributed by atoms with Crippen LogP contribution in [0.25, 0.3) is 0 Å². The van der Waals surface area contributed by atoms with Gasteiger partial charge in [0.15, 0.2) is 0 Å². The van der Waals surface area contributed by atoms with Crippen LogP contribution in [-0.2, 0) is 16.0 Å². The van der Waals surface area contributed by atoms with Crippen molar-refractivity contribution in [2.24, 2.45) is 11.0 Å². The molecule has 0 atom stereocenters. The van der Waals surface area contributed by atoms with Gasteiger partial charge in [0.25, 0.3) is 0 Å². The predicted octanol–water partition coefficient (Wildman–Crippen LogP) is 4.77. The number of benzene rings is 1. The molecule has 0 aliphatic heterocycles. The highest BCUT2D eigenvalue weighted by Crippen LogP contribution is 2.22. The summed E-state index contributed by atoms with van der Waals surface area (Å²) < 4.78 is 10.7. The molecule has 0 aliphatic rings. The highest BCUT2D eigenvalue weighted by molar-refractivity contribution is 7.13. The molecule has 146 valence electrons. The molecule has 0 spiro atoms. The van der Waals surface area contributed by atoms with E-state index < -0.39 is 0 Å². The summed E-state index contributed by atoms with van der Waals surface area (Å²) in [5.41, 5.74) is 4.30. The molecule has 0 amide bonds. The van der Waals surface area contributed by atoms with Gasteiger partial charge in [0.1, 0.15) is 5.75 Å². The molecular formula is C19H24ClN3O3S. The zero-order valence-electron chi connectivity index (χ0n) is 15.7. The first-order valence-electron chi connectivity index (χ1n) is 8.79. The lowest BCUT2D eigenvalue weighted by atomic mass is 10.1. The van der Waals surface area contributed by atoms with Crippen molar-refractivity contribution >= 4 is 40.3 Å². The van der Waals surface area contributed by atoms with Crippen molar-refractivity contribution in [3.05, 3.63) is 39.9 Å². The van der Waals surface area contributed by atoms with Crippen molar-refractivity contribution < 1.29 is 14.3 Å². The van der Waals surface area contributed by atoms with E-state index in [2.05, 4.69) is 29.4 Å². The van der Waals surface area contributed by atoms with Gasteiger partial charge in [-0.15, -0.1) is 11.3 Å². The average Bonchev–Trinajstić information content (AvgIpc) is 3.04. The number of esters is 1. The van der Waals surface area contributed by atoms with Crippen molar-refractivity contribution in [2.45, 2.75) is 33.6 Å². The number of nitrogens with one attached hydrogen (secondary N) is 1. The van der Waals surface area contributed by atoms with Gasteiger partial charge in [0.2, 0.25) is 5.13 Å². The van der Waals surface area contributed by atoms with Gasteiger partial charge < -0.3 is 9.47 Å². The Kier molecular flexibility index (Phi) is 8.54. The first-order chi connectivity index (χ1) is 13.0. The van der Waals surface area contributed by atoms with Crippen LogP contribution in [0.4, 0.5) is 5.13 Å². The Balaban J connectivity index is 1.96. The quantitative estimate of drug-likeness (QED) is 0.347. The Bertz CT molecular complexity index is 777. The van der Waals surface area contributed by atoms with E-state index in [9.17, 15) is 4.79 Å². The highest BCUT2D eigenvalue weighted by Gasteiger charge is 2.08. The van der Waals surface area contributed by atoms with Crippen molar-refractivity contribution in [3.8, 4) is 5.75 Å². The molecule has 0 saturated heterocycles. The maximum atomic E-state index is 11.5. The number of rotatable bonds is 10. The molecule has 1 aromatic carbocycles. The lowest BCUT2D eigenvalue weighted by Gasteiger charge is -2.10. The fourth-order valence-electron chi connectivity index (χ4n) is 2.11. The van der Waals surface area contributed by atoms with Gasteiger partial charge in [0.05, 0.1) is 31.5 Å². The second kappa shape index (κ2) is 10.9. The molecule has 0 bridgehead atoms. The fraction of sp³-hybridized carbons (Fsp3) is 0.421. The van der Waals surface area contributed by atoms with Crippen LogP contribution in [0.3, 0.4) is 0 Å². The molecule has 1 heterocycles. The van der Waals surface area contributed by atoms with Crippen LogP contribution in [0.5, 0.6) is 5.75 Å². The summed E-state index contributed by atoms with van der Waals surface area (Å²) in [6.45, 7) is 7.08. The van der Waals surface area contributed by atoms with E-state index in [-0.39, 0.29) is 12.4 Å². The third-order valence-corrected chi connectivity index (χ3v) is 4.50. The van der Waals surface area contributed by atoms with E-state index >= 15 is 0 Å². The summed E-state index contributed by atoms with van der Waals surface area (Å²) in [4.78, 5) is 15.8. The van der Waals surface area contributed by atoms with E-state index in [0.29, 0.717) is 35.0 Å². The zero-order valence-corrected chi connectivity index (χ0v) is 17.3. The standard InChI is InChI=1S/C19H24ClN3O3S/c1-4-25-18(24)10-16-12-27-19(22-16)23-21-11-14-9-15(20)5-6-17(14)26-8-7-13(2)3/h5-6,9,11-13H,4,7-8,10H2,1-3H3,(H,22,23). The second-order valence-electron chi connectivity index (χ2n) is 6.21. The van der Waals surface area contributed by atoms with Crippen molar-refractivity contribution in [1.29, 1.82) is 0 Å². The largest absolute Gasteiger partial charge is 0.493 e. The Hall–Kier alpha value is -2.12. The SMILES string of the molecule is CCOC(=O)Cc1csc(NN=Cc2cc(Cl)ccc2OCCC(C)C)n1. The van der Waals surface area contributed by atoms with E-state index in [1.165, 1.54) is 11.3 Å². The molecule has 0 aliphatic carbocycles. The minimum Gasteiger partial charge on any atom is -0.493 e. The third kappa shape index (κ3) is 7.56. The van der Waals surface area contributed by atoms with Gasteiger partial charge in [-0.2, -0.15) is 5.10 Å². The molecule has 2 aromatic rings. The van der Waals surface area contributed by atoms with Gasteiger partial charge in [-0.3, -0.25) is 10.2 Å². The first kappa shape index (κ1) is 21.2. The number of hydrogen-bond acceptors (Lipinski definition) is 7. The molecule has 27 heavy (non-hydrogen) atoms. The molecule has 8 heteroatoms. The lowest BCUT2D eigenvalue weighted by molar-refractivity contribution is -0.142. The average molecular weight is 410 g/mol. The number of carbonyl (C=O) groups excluding carboxylic acids is 1. The van der Waals surface area contributed by atoms with Gasteiger partial charge in [-0.05, 0) is 37.5 Å². The Labute approximate surface area is 168 Å². The Morgan fingerprint density at radius 3 is 3.00 bits per heavy atom. The van der Waals surface area contributed by atoms with Crippen LogP contribution in [0.2, 0.25) is 5.02 Å². The maximum absolute atomic E-state index is 11.5. The number of halogens is 1. The molecule has 0 fully saturated rings. The smallest absolute Gasteiger partial charge is 0.311 e. The molecule has 1 N–H and O–H groups in total. The molecule has 0 saturated carbocycles. The fourth-order valence-corrected chi connectivity index (χ4v) is 2.95. The third-order valence-electron chi connectivity index (χ3n) is 3.47. The van der Waals surface area contributed by atoms with Crippen LogP contribution in [0.1, 0.15) is 38.4 Å². The summed E-state index contributed by atoms with van der Waals surface area (Å²) in [7, 11) is 0. The summed E-state index contributed by atoms with van der Waals surface area (Å²) in [6, 6.07) is 5.43. The minimum absolute atomic E-state index is 0.151. The van der Waals surface area contributed by atoms with Crippen LogP contribution in [0, 0.1) is 5.92 Å². The van der Waals surface area contributed by atoms with Crippen LogP contribution in [0.15, 0.2) is 28.7 Å².